The fourth-order valence-corrected chi connectivity index (χ4v) is 3.52. The van der Waals surface area contributed by atoms with E-state index >= 15 is 0 Å². The second kappa shape index (κ2) is 9.46. The van der Waals surface area contributed by atoms with Crippen molar-refractivity contribution >= 4 is 34.9 Å². The summed E-state index contributed by atoms with van der Waals surface area (Å²) in [6.45, 7) is 4.23. The lowest BCUT2D eigenvalue weighted by Crippen LogP contribution is -2.16. The Hall–Kier alpha value is -3.29. The minimum absolute atomic E-state index is 0.110. The summed E-state index contributed by atoms with van der Waals surface area (Å²) in [4.78, 5) is 12.9. The van der Waals surface area contributed by atoms with Crippen LogP contribution in [0.1, 0.15) is 33.1 Å². The van der Waals surface area contributed by atoms with Gasteiger partial charge in [0.25, 0.3) is 5.91 Å². The highest BCUT2D eigenvalue weighted by Crippen LogP contribution is 2.22. The van der Waals surface area contributed by atoms with E-state index in [2.05, 4.69) is 15.6 Å². The molecule has 9 heteroatoms. The number of hydrogen-bond donors (Lipinski definition) is 1. The van der Waals surface area contributed by atoms with E-state index in [0.29, 0.717) is 39.5 Å². The molecule has 32 heavy (non-hydrogen) atoms. The van der Waals surface area contributed by atoms with Gasteiger partial charge < -0.3 is 14.6 Å². The Balaban J connectivity index is 1.47. The van der Waals surface area contributed by atoms with E-state index in [1.54, 1.807) is 41.9 Å². The van der Waals surface area contributed by atoms with E-state index in [1.165, 1.54) is 0 Å². The molecule has 1 amide bonds. The third kappa shape index (κ3) is 4.95. The predicted molar refractivity (Wildman–Crippen MR) is 122 cm³/mol. The molecular weight excluding hydrogens is 451 g/mol. The number of carbonyl (C=O) groups is 1. The topological polar surface area (TPSA) is 82.2 Å². The van der Waals surface area contributed by atoms with Gasteiger partial charge in [-0.05, 0) is 43.7 Å². The summed E-state index contributed by atoms with van der Waals surface area (Å²) in [6, 6.07) is 16.4. The number of nitrogens with zero attached hydrogens (tertiary/aromatic N) is 3. The van der Waals surface area contributed by atoms with Gasteiger partial charge in [-0.2, -0.15) is 5.10 Å². The molecule has 0 fully saturated rings. The Morgan fingerprint density at radius 3 is 2.72 bits per heavy atom. The molecule has 0 aliphatic heterocycles. The van der Waals surface area contributed by atoms with Crippen LogP contribution in [0.5, 0.6) is 5.75 Å². The summed E-state index contributed by atoms with van der Waals surface area (Å²) >= 11 is 12.2. The maximum atomic E-state index is 12.9. The Morgan fingerprint density at radius 2 is 1.94 bits per heavy atom. The van der Waals surface area contributed by atoms with Crippen molar-refractivity contribution in [1.29, 1.82) is 0 Å². The van der Waals surface area contributed by atoms with Crippen LogP contribution in [-0.4, -0.2) is 20.8 Å². The van der Waals surface area contributed by atoms with Gasteiger partial charge in [-0.3, -0.25) is 9.48 Å². The van der Waals surface area contributed by atoms with E-state index in [-0.39, 0.29) is 12.3 Å². The monoisotopic (exact) mass is 470 g/mol. The van der Waals surface area contributed by atoms with E-state index < -0.39 is 5.91 Å². The van der Waals surface area contributed by atoms with Crippen molar-refractivity contribution in [2.24, 2.45) is 0 Å². The zero-order valence-electron chi connectivity index (χ0n) is 17.4. The molecule has 1 N–H and O–H groups in total. The number of amides is 1. The van der Waals surface area contributed by atoms with Crippen LogP contribution in [0.15, 0.2) is 59.1 Å². The number of benzene rings is 2. The normalized spacial score (nSPS) is 10.9. The molecule has 7 nitrogen and oxygen atoms in total. The molecule has 2 aromatic heterocycles. The summed E-state index contributed by atoms with van der Waals surface area (Å²) < 4.78 is 12.8. The number of halogens is 2. The van der Waals surface area contributed by atoms with Crippen molar-refractivity contribution in [3.63, 3.8) is 0 Å². The van der Waals surface area contributed by atoms with Crippen molar-refractivity contribution in [3.05, 3.63) is 92.9 Å². The van der Waals surface area contributed by atoms with E-state index in [1.807, 2.05) is 31.2 Å². The SMILES string of the molecule is Cc1onc(C(=O)Nc2cc(C)n(Cc3ccccc3Cl)n2)c1COc1cccc(Cl)c1. The first-order valence-electron chi connectivity index (χ1n) is 9.83. The van der Waals surface area contributed by atoms with Crippen LogP contribution >= 0.6 is 23.2 Å². The molecule has 2 aromatic carbocycles. The molecule has 164 valence electrons. The van der Waals surface area contributed by atoms with Gasteiger partial charge in [0.1, 0.15) is 18.1 Å². The number of nitrogens with one attached hydrogen (secondary N) is 1. The van der Waals surface area contributed by atoms with Gasteiger partial charge in [0.2, 0.25) is 0 Å². The minimum Gasteiger partial charge on any atom is -0.489 e. The van der Waals surface area contributed by atoms with Crippen LogP contribution in [-0.2, 0) is 13.2 Å². The molecule has 0 spiro atoms. The van der Waals surface area contributed by atoms with Gasteiger partial charge in [0, 0.05) is 21.8 Å². The van der Waals surface area contributed by atoms with Crippen LogP contribution in [0.4, 0.5) is 5.82 Å². The molecule has 0 atom stereocenters. The van der Waals surface area contributed by atoms with Crippen molar-refractivity contribution in [3.8, 4) is 5.75 Å². The van der Waals surface area contributed by atoms with Crippen molar-refractivity contribution < 1.29 is 14.1 Å². The largest absolute Gasteiger partial charge is 0.489 e. The van der Waals surface area contributed by atoms with Crippen LogP contribution < -0.4 is 10.1 Å². The summed E-state index contributed by atoms with van der Waals surface area (Å²) in [7, 11) is 0. The highest BCUT2D eigenvalue weighted by molar-refractivity contribution is 6.31. The maximum Gasteiger partial charge on any atom is 0.279 e. The lowest BCUT2D eigenvalue weighted by atomic mass is 10.2. The lowest BCUT2D eigenvalue weighted by molar-refractivity contribution is 0.101. The van der Waals surface area contributed by atoms with E-state index in [4.69, 9.17) is 32.5 Å². The Bertz CT molecular complexity index is 1270. The number of hydrogen-bond acceptors (Lipinski definition) is 5. The van der Waals surface area contributed by atoms with Crippen molar-refractivity contribution in [2.75, 3.05) is 5.32 Å². The Morgan fingerprint density at radius 1 is 1.12 bits per heavy atom. The van der Waals surface area contributed by atoms with Crippen molar-refractivity contribution in [2.45, 2.75) is 27.0 Å². The molecule has 0 radical (unpaired) electrons. The van der Waals surface area contributed by atoms with Crippen LogP contribution in [0.25, 0.3) is 0 Å². The summed E-state index contributed by atoms with van der Waals surface area (Å²) in [5, 5.41) is 12.4. The number of aromatic nitrogens is 3. The molecule has 0 saturated heterocycles. The van der Waals surface area contributed by atoms with Gasteiger partial charge in [0.15, 0.2) is 11.5 Å². The minimum atomic E-state index is -0.436. The van der Waals surface area contributed by atoms with Gasteiger partial charge in [0.05, 0.1) is 12.1 Å². The first-order chi connectivity index (χ1) is 15.4. The maximum absolute atomic E-state index is 12.9. The molecule has 0 bridgehead atoms. The standard InChI is InChI=1S/C23H20Cl2N4O3/c1-14-10-21(27-29(14)12-16-6-3-4-9-20(16)25)26-23(30)22-19(15(2)32-28-22)13-31-18-8-5-7-17(24)11-18/h3-11H,12-13H2,1-2H3,(H,26,27,30). The quantitative estimate of drug-likeness (QED) is 0.375. The average molecular weight is 471 g/mol. The smallest absolute Gasteiger partial charge is 0.279 e. The fraction of sp³-hybridized carbons (Fsp3) is 0.174. The van der Waals surface area contributed by atoms with Crippen LogP contribution in [0, 0.1) is 13.8 Å². The first kappa shape index (κ1) is 21.9. The number of rotatable bonds is 7. The van der Waals surface area contributed by atoms with Gasteiger partial charge >= 0.3 is 0 Å². The van der Waals surface area contributed by atoms with Crippen LogP contribution in [0.3, 0.4) is 0 Å². The lowest BCUT2D eigenvalue weighted by Gasteiger charge is -2.07. The van der Waals surface area contributed by atoms with Gasteiger partial charge in [-0.25, -0.2) is 0 Å². The van der Waals surface area contributed by atoms with E-state index in [0.717, 1.165) is 11.3 Å². The predicted octanol–water partition coefficient (Wildman–Crippen LogP) is 5.67. The van der Waals surface area contributed by atoms with E-state index in [9.17, 15) is 4.79 Å². The summed E-state index contributed by atoms with van der Waals surface area (Å²) in [5.74, 6) is 1.05. The third-order valence-corrected chi connectivity index (χ3v) is 5.48. The number of aryl methyl sites for hydroxylation is 2. The summed E-state index contributed by atoms with van der Waals surface area (Å²) in [6.07, 6.45) is 0. The third-order valence-electron chi connectivity index (χ3n) is 4.88. The van der Waals surface area contributed by atoms with Gasteiger partial charge in [-0.15, -0.1) is 0 Å². The molecule has 4 rings (SSSR count). The molecule has 0 aliphatic rings. The highest BCUT2D eigenvalue weighted by atomic mass is 35.5. The molecule has 0 saturated carbocycles. The second-order valence-corrected chi connectivity index (χ2v) is 8.03. The zero-order chi connectivity index (χ0) is 22.7. The molecular formula is C23H20Cl2N4O3. The fourth-order valence-electron chi connectivity index (χ4n) is 3.15. The summed E-state index contributed by atoms with van der Waals surface area (Å²) in [5.41, 5.74) is 2.50. The first-order valence-corrected chi connectivity index (χ1v) is 10.6. The number of carbonyl (C=O) groups excluding carboxylic acids is 1. The Kier molecular flexibility index (Phi) is 6.48. The Labute approximate surface area is 194 Å². The molecule has 2 heterocycles. The zero-order valence-corrected chi connectivity index (χ0v) is 18.9. The van der Waals surface area contributed by atoms with Gasteiger partial charge in [-0.1, -0.05) is 52.6 Å². The molecule has 0 unspecified atom stereocenters. The second-order valence-electron chi connectivity index (χ2n) is 7.19. The molecule has 4 aromatic rings. The number of anilines is 1. The molecule has 0 aliphatic carbocycles. The average Bonchev–Trinajstić information content (AvgIpc) is 3.30. The van der Waals surface area contributed by atoms with Crippen LogP contribution in [0.2, 0.25) is 10.0 Å². The van der Waals surface area contributed by atoms with Crippen molar-refractivity contribution in [1.82, 2.24) is 14.9 Å². The number of ether oxygens (including phenoxy) is 1. The highest BCUT2D eigenvalue weighted by Gasteiger charge is 2.21.